The van der Waals surface area contributed by atoms with Crippen LogP contribution in [-0.4, -0.2) is 44.9 Å². The maximum atomic E-state index is 5.18. The molecule has 9 nitrogen and oxygen atoms in total. The predicted octanol–water partition coefficient (Wildman–Crippen LogP) is 35.5. The number of hydrogen-bond donors (Lipinski definition) is 0. The van der Waals surface area contributed by atoms with E-state index in [0.717, 1.165) is 118 Å². The summed E-state index contributed by atoms with van der Waals surface area (Å²) in [5.74, 6) is 2.05. The quantitative estimate of drug-likeness (QED) is 0.0932. The van der Waals surface area contributed by atoms with Crippen LogP contribution in [0.3, 0.4) is 0 Å². The molecule has 149 heavy (non-hydrogen) atoms. The molecule has 27 rings (SSSR count). The number of aromatic nitrogens is 9. The van der Waals surface area contributed by atoms with Gasteiger partial charge in [0.2, 0.25) is 0 Å². The van der Waals surface area contributed by atoms with Crippen molar-refractivity contribution < 1.29 is 0 Å². The van der Waals surface area contributed by atoms with Gasteiger partial charge in [-0.05, 0) is 217 Å². The van der Waals surface area contributed by atoms with Crippen LogP contribution in [0.5, 0.6) is 0 Å². The van der Waals surface area contributed by atoms with Crippen LogP contribution in [0.1, 0.15) is 74.9 Å². The van der Waals surface area contributed by atoms with Crippen molar-refractivity contribution in [1.82, 2.24) is 44.9 Å². The molecule has 0 N–H and O–H groups in total. The van der Waals surface area contributed by atoms with Crippen LogP contribution in [0, 0.1) is 0 Å². The first-order valence-corrected chi connectivity index (χ1v) is 51.0. The number of nitrogens with zero attached hydrogens (tertiary/aromatic N) is 9. The van der Waals surface area contributed by atoms with E-state index >= 15 is 0 Å². The number of fused-ring (bicyclic) bond motifs is 13. The molecule has 0 radical (unpaired) electrons. The van der Waals surface area contributed by atoms with Crippen LogP contribution in [0.25, 0.3) is 235 Å². The van der Waals surface area contributed by atoms with Crippen LogP contribution in [0.2, 0.25) is 0 Å². The first-order chi connectivity index (χ1) is 73.1. The van der Waals surface area contributed by atoms with Gasteiger partial charge in [-0.15, -0.1) is 0 Å². The fraction of sp³-hybridized carbons (Fsp3) is 0.0643. The van der Waals surface area contributed by atoms with Crippen molar-refractivity contribution in [3.8, 4) is 213 Å². The van der Waals surface area contributed by atoms with Crippen LogP contribution in [0.15, 0.2) is 504 Å². The highest BCUT2D eigenvalue weighted by molar-refractivity contribution is 6.07. The SMILES string of the molecule is CC1(C)c2cccc(-c3cccc(-c4cc(-c5ccccc5)nc(-c5ccc(-c6ccccc6)nc5)n4)c3)c2-c2c1ccc1ccccc21.CC1(C)c2cccc(-c3cccc(-c4cc(-c5ccccc5)nc(-c5ccc(-c6ccccn6)cc5)n4)c3)c2-c2ccc3ccccc3c21.CC1(C)c2ccccc2-c2ccc(-c3ccc(-c4ccc(-c5cc(-c6ccc(-c7ccncc7)cc6)nc(-c6ccccc6)n5)cc4)cc3)cc21. The van der Waals surface area contributed by atoms with Crippen molar-refractivity contribution in [2.75, 3.05) is 0 Å². The lowest BCUT2D eigenvalue weighted by Crippen LogP contribution is -2.15. The Morgan fingerprint density at radius 2 is 0.503 bits per heavy atom. The molecule has 6 heterocycles. The molecule has 0 bridgehead atoms. The van der Waals surface area contributed by atoms with E-state index in [4.69, 9.17) is 34.9 Å². The first kappa shape index (κ1) is 91.4. The molecule has 3 aliphatic carbocycles. The van der Waals surface area contributed by atoms with Crippen LogP contribution >= 0.6 is 0 Å². The topological polar surface area (TPSA) is 116 Å². The molecule has 24 aromatic rings. The van der Waals surface area contributed by atoms with Crippen LogP contribution < -0.4 is 0 Å². The Balaban J connectivity index is 0.000000116. The molecule has 0 amide bonds. The zero-order valence-electron chi connectivity index (χ0n) is 83.4. The lowest BCUT2D eigenvalue weighted by Gasteiger charge is -2.23. The Kier molecular flexibility index (Phi) is 23.5. The van der Waals surface area contributed by atoms with E-state index in [-0.39, 0.29) is 16.2 Å². The molecule has 6 aromatic heterocycles. The number of pyridine rings is 3. The van der Waals surface area contributed by atoms with Gasteiger partial charge in [-0.25, -0.2) is 29.9 Å². The first-order valence-electron chi connectivity index (χ1n) is 51.0. The predicted molar refractivity (Wildman–Crippen MR) is 614 cm³/mol. The van der Waals surface area contributed by atoms with E-state index in [1.54, 1.807) is 0 Å². The van der Waals surface area contributed by atoms with E-state index < -0.39 is 0 Å². The molecule has 706 valence electrons. The van der Waals surface area contributed by atoms with Crippen LogP contribution in [0.4, 0.5) is 0 Å². The molecular weight excluding hydrogens is 1810 g/mol. The molecule has 0 saturated carbocycles. The summed E-state index contributed by atoms with van der Waals surface area (Å²) in [5.41, 5.74) is 46.5. The zero-order valence-corrected chi connectivity index (χ0v) is 83.4. The summed E-state index contributed by atoms with van der Waals surface area (Å²) >= 11 is 0. The molecule has 0 saturated heterocycles. The van der Waals surface area contributed by atoms with Gasteiger partial charge in [0.15, 0.2) is 17.5 Å². The molecule has 0 atom stereocenters. The monoisotopic (exact) mass is 1910 g/mol. The van der Waals surface area contributed by atoms with E-state index in [2.05, 4.69) is 434 Å². The fourth-order valence-corrected chi connectivity index (χ4v) is 22.4. The van der Waals surface area contributed by atoms with Gasteiger partial charge in [0, 0.05) is 102 Å². The summed E-state index contributed by atoms with van der Waals surface area (Å²) in [4.78, 5) is 44.0. The number of benzene rings is 18. The minimum Gasteiger partial charge on any atom is -0.265 e. The highest BCUT2D eigenvalue weighted by atomic mass is 14.9. The lowest BCUT2D eigenvalue weighted by molar-refractivity contribution is 0.660. The lowest BCUT2D eigenvalue weighted by atomic mass is 9.80. The maximum Gasteiger partial charge on any atom is 0.161 e. The smallest absolute Gasteiger partial charge is 0.161 e. The molecule has 3 aliphatic rings. The van der Waals surface area contributed by atoms with Gasteiger partial charge in [0.05, 0.1) is 45.6 Å². The standard InChI is InChI=1S/C48H35N3.2C46H33N3/c1-48(2)43-11-7-6-10-41(43)42-25-24-40(30-44(42)48)35-14-12-32(13-15-35)33-16-20-37(21-17-33)45-31-46(51-47(50-45)39-8-4-3-5-9-39)38-22-18-34(19-23-38)36-26-28-49-29-27-36;1-46(2)38-22-12-21-37(44(38)43-36-20-10-9-13-30(36)23-25-39(43)46)33-18-11-19-34(27-33)42-28-41(32-16-7-4-8-17-32)48-45(49-42)35-24-26-40(47-29-35)31-14-5-3-6-15-31;1-46(2)39-19-11-18-36(43(39)38-26-25-30-12-6-7-17-37(30)44(38)46)34-15-10-16-35(28-34)42-29-41(31-13-4-3-5-14-31)48-45(49-42)33-23-21-32(22-24-33)40-20-8-9-27-47-40/h3-31H,1-2H3;2*3-29H,1-2H3. The van der Waals surface area contributed by atoms with Crippen molar-refractivity contribution in [2.24, 2.45) is 0 Å². The summed E-state index contributed by atoms with van der Waals surface area (Å²) in [7, 11) is 0. The van der Waals surface area contributed by atoms with Gasteiger partial charge >= 0.3 is 0 Å². The summed E-state index contributed by atoms with van der Waals surface area (Å²) in [6, 6.07) is 170. The summed E-state index contributed by atoms with van der Waals surface area (Å²) < 4.78 is 0. The van der Waals surface area contributed by atoms with Crippen molar-refractivity contribution in [3.05, 3.63) is 537 Å². The Labute approximate surface area is 868 Å². The molecule has 0 spiro atoms. The second-order valence-electron chi connectivity index (χ2n) is 40.3. The van der Waals surface area contributed by atoms with Gasteiger partial charge < -0.3 is 0 Å². The fourth-order valence-electron chi connectivity index (χ4n) is 22.4. The van der Waals surface area contributed by atoms with E-state index in [1.807, 2.05) is 122 Å². The molecular formula is C140H101N9. The highest BCUT2D eigenvalue weighted by Gasteiger charge is 2.41. The summed E-state index contributed by atoms with van der Waals surface area (Å²) in [6.07, 6.45) is 7.34. The van der Waals surface area contributed by atoms with Crippen molar-refractivity contribution in [1.29, 1.82) is 0 Å². The molecule has 0 fully saturated rings. The Morgan fingerprint density at radius 1 is 0.161 bits per heavy atom. The third-order valence-corrected chi connectivity index (χ3v) is 30.1. The highest BCUT2D eigenvalue weighted by Crippen LogP contribution is 2.58. The summed E-state index contributed by atoms with van der Waals surface area (Å²) in [6.45, 7) is 14.1. The van der Waals surface area contributed by atoms with Crippen LogP contribution in [-0.2, 0) is 16.2 Å². The van der Waals surface area contributed by atoms with Crippen molar-refractivity contribution in [2.45, 2.75) is 57.8 Å². The van der Waals surface area contributed by atoms with Gasteiger partial charge in [0.25, 0.3) is 0 Å². The van der Waals surface area contributed by atoms with E-state index in [9.17, 15) is 0 Å². The maximum absolute atomic E-state index is 5.18. The third kappa shape index (κ3) is 17.3. The Bertz CT molecular complexity index is 9200. The van der Waals surface area contributed by atoms with E-state index in [0.29, 0.717) is 17.5 Å². The van der Waals surface area contributed by atoms with Gasteiger partial charge in [0.1, 0.15) is 0 Å². The minimum atomic E-state index is -0.114. The van der Waals surface area contributed by atoms with E-state index in [1.165, 1.54) is 133 Å². The molecule has 9 heteroatoms. The second kappa shape index (κ2) is 38.4. The average Bonchev–Trinajstić information content (AvgIpc) is 1.55. The molecule has 18 aromatic carbocycles. The average molecular weight is 1910 g/mol. The third-order valence-electron chi connectivity index (χ3n) is 30.1. The Morgan fingerprint density at radius 3 is 1.04 bits per heavy atom. The molecule has 0 unspecified atom stereocenters. The normalized spacial score (nSPS) is 12.8. The van der Waals surface area contributed by atoms with Gasteiger partial charge in [-0.3, -0.25) is 15.0 Å². The number of rotatable bonds is 16. The number of hydrogen-bond acceptors (Lipinski definition) is 9. The summed E-state index contributed by atoms with van der Waals surface area (Å²) in [5, 5.41) is 5.18. The van der Waals surface area contributed by atoms with Gasteiger partial charge in [-0.2, -0.15) is 0 Å². The molecule has 0 aliphatic heterocycles. The van der Waals surface area contributed by atoms with Crippen molar-refractivity contribution in [3.63, 3.8) is 0 Å². The Hall–Kier alpha value is -18.8. The zero-order chi connectivity index (χ0) is 100. The van der Waals surface area contributed by atoms with Crippen molar-refractivity contribution >= 4 is 21.5 Å². The largest absolute Gasteiger partial charge is 0.265 e. The van der Waals surface area contributed by atoms with Gasteiger partial charge in [-0.1, -0.05) is 448 Å². The minimum absolute atomic E-state index is 0.0129. The second-order valence-corrected chi connectivity index (χ2v) is 40.3.